The van der Waals surface area contributed by atoms with Crippen LogP contribution in [0, 0.1) is 11.8 Å². The average molecular weight is 642 g/mol. The first-order valence-electron chi connectivity index (χ1n) is 9.65. The minimum atomic E-state index is -0.354. The molecule has 2 heterocycles. The van der Waals surface area contributed by atoms with Gasteiger partial charge in [-0.05, 0) is 38.1 Å². The molecule has 0 saturated carbocycles. The van der Waals surface area contributed by atoms with Gasteiger partial charge in [-0.25, -0.2) is 0 Å². The van der Waals surface area contributed by atoms with Gasteiger partial charge in [0.2, 0.25) is 11.5 Å². The molecule has 0 fully saturated rings. The van der Waals surface area contributed by atoms with Crippen LogP contribution in [0.1, 0.15) is 34.6 Å². The number of carbonyl (C=O) groups is 2. The smallest absolute Gasteiger partial charge is 0.310 e. The van der Waals surface area contributed by atoms with E-state index in [1.807, 2.05) is 47.3 Å². The largest absolute Gasteiger partial charge is 1.00 e. The van der Waals surface area contributed by atoms with Crippen LogP contribution < -0.4 is 28.5 Å². The Morgan fingerprint density at radius 2 is 1.84 bits per heavy atom. The first-order valence-corrected chi connectivity index (χ1v) is 12.2. The molecule has 0 aliphatic heterocycles. The van der Waals surface area contributed by atoms with E-state index in [9.17, 15) is 9.59 Å². The molecule has 0 aliphatic carbocycles. The molecule has 0 atom stereocenters. The number of halogens is 2. The molecule has 0 amide bonds. The van der Waals surface area contributed by atoms with Crippen molar-refractivity contribution in [2.24, 2.45) is 0 Å². The molecule has 0 radical (unpaired) electrons. The van der Waals surface area contributed by atoms with Crippen molar-refractivity contribution in [2.75, 3.05) is 12.4 Å². The topological polar surface area (TPSA) is 47.3 Å². The van der Waals surface area contributed by atoms with Crippen molar-refractivity contribution in [1.82, 2.24) is 0 Å². The monoisotopic (exact) mass is 641 g/mol. The first kappa shape index (κ1) is 26.6. The van der Waals surface area contributed by atoms with Gasteiger partial charge >= 0.3 is 5.97 Å². The van der Waals surface area contributed by atoms with Gasteiger partial charge in [0.1, 0.15) is 4.21 Å². The number of esters is 1. The molecule has 0 aliphatic rings. The fourth-order valence-corrected chi connectivity index (χ4v) is 5.60. The van der Waals surface area contributed by atoms with E-state index < -0.39 is 0 Å². The third-order valence-electron chi connectivity index (χ3n) is 4.31. The number of ether oxygens (including phenoxy) is 1. The Morgan fingerprint density at radius 3 is 2.47 bits per heavy atom. The van der Waals surface area contributed by atoms with Crippen LogP contribution in [0.4, 0.5) is 0 Å². The maximum Gasteiger partial charge on any atom is 0.310 e. The van der Waals surface area contributed by atoms with E-state index in [4.69, 9.17) is 4.74 Å². The lowest BCUT2D eigenvalue weighted by Gasteiger charge is -2.05. The number of carbonyl (C=O) groups excluding carboxylic acids is 2. The molecule has 0 unspecified atom stereocenters. The predicted molar refractivity (Wildman–Crippen MR) is 128 cm³/mol. The summed E-state index contributed by atoms with van der Waals surface area (Å²) in [6, 6.07) is 13.0. The summed E-state index contributed by atoms with van der Waals surface area (Å²) in [6.07, 6.45) is 3.86. The number of pyridine rings is 1. The SMILES string of the molecule is CC#CCSc1sc(C(=O)c2ccc(Br)cc2)c(CC(=O)OCC)c1-[n+]1ccccc1.[I-]. The molecule has 32 heavy (non-hydrogen) atoms. The molecule has 3 rings (SSSR count). The second-order valence-electron chi connectivity index (χ2n) is 6.36. The van der Waals surface area contributed by atoms with E-state index in [1.165, 1.54) is 11.3 Å². The number of ketones is 1. The minimum Gasteiger partial charge on any atom is -1.00 e. The standard InChI is InChI=1S/C24H21BrNO3S2.HI/c1-3-5-15-30-24-21(26-13-7-6-8-14-26)19(16-20(27)29-4-2)23(31-24)22(28)17-9-11-18(25)12-10-17;/h6-14H,4,15-16H2,1-2H3;1H/q+1;/p-1. The Kier molecular flexibility index (Phi) is 10.9. The highest BCUT2D eigenvalue weighted by molar-refractivity contribution is 9.10. The maximum atomic E-state index is 13.4. The predicted octanol–water partition coefficient (Wildman–Crippen LogP) is 2.24. The van der Waals surface area contributed by atoms with Gasteiger partial charge < -0.3 is 28.7 Å². The van der Waals surface area contributed by atoms with Crippen LogP contribution in [-0.2, 0) is 16.0 Å². The number of hydrogen-bond donors (Lipinski definition) is 0. The molecule has 0 saturated heterocycles. The maximum absolute atomic E-state index is 13.4. The van der Waals surface area contributed by atoms with Gasteiger partial charge in [0, 0.05) is 22.2 Å². The summed E-state index contributed by atoms with van der Waals surface area (Å²) in [7, 11) is 0. The van der Waals surface area contributed by atoms with Crippen LogP contribution in [0.2, 0.25) is 0 Å². The van der Waals surface area contributed by atoms with Crippen LogP contribution in [-0.4, -0.2) is 24.1 Å². The van der Waals surface area contributed by atoms with E-state index in [1.54, 1.807) is 37.7 Å². The normalized spacial score (nSPS) is 9.97. The molecular weight excluding hydrogens is 621 g/mol. The lowest BCUT2D eigenvalue weighted by atomic mass is 10.0. The highest BCUT2D eigenvalue weighted by Gasteiger charge is 2.31. The van der Waals surface area contributed by atoms with Gasteiger partial charge in [-0.3, -0.25) is 9.59 Å². The molecule has 1 aromatic carbocycles. The number of thioether (sulfide) groups is 1. The molecule has 0 N–H and O–H groups in total. The van der Waals surface area contributed by atoms with Crippen LogP contribution >= 0.6 is 39.0 Å². The summed E-state index contributed by atoms with van der Waals surface area (Å²) in [5, 5.41) is 0. The fourth-order valence-electron chi connectivity index (χ4n) is 2.95. The quantitative estimate of drug-likeness (QED) is 0.0946. The van der Waals surface area contributed by atoms with Crippen molar-refractivity contribution < 1.29 is 42.9 Å². The number of rotatable bonds is 8. The number of benzene rings is 1. The Labute approximate surface area is 221 Å². The summed E-state index contributed by atoms with van der Waals surface area (Å²) in [5.41, 5.74) is 2.09. The molecule has 0 bridgehead atoms. The van der Waals surface area contributed by atoms with Gasteiger partial charge in [-0.1, -0.05) is 39.7 Å². The first-order chi connectivity index (χ1) is 15.0. The second-order valence-corrected chi connectivity index (χ2v) is 9.54. The van der Waals surface area contributed by atoms with Gasteiger partial charge in [-0.2, -0.15) is 4.57 Å². The Balaban J connectivity index is 0.00000363. The van der Waals surface area contributed by atoms with Crippen molar-refractivity contribution in [3.05, 3.63) is 75.3 Å². The number of hydrogen-bond acceptors (Lipinski definition) is 5. The highest BCUT2D eigenvalue weighted by atomic mass is 127. The van der Waals surface area contributed by atoms with E-state index in [-0.39, 0.29) is 42.2 Å². The van der Waals surface area contributed by atoms with Crippen LogP contribution in [0.15, 0.2) is 63.5 Å². The number of aromatic nitrogens is 1. The summed E-state index contributed by atoms with van der Waals surface area (Å²) < 4.78 is 9.00. The zero-order valence-corrected chi connectivity index (χ0v) is 22.9. The average Bonchev–Trinajstić information content (AvgIpc) is 3.12. The van der Waals surface area contributed by atoms with E-state index in [2.05, 4.69) is 27.8 Å². The Morgan fingerprint density at radius 1 is 1.16 bits per heavy atom. The zero-order chi connectivity index (χ0) is 22.2. The van der Waals surface area contributed by atoms with Gasteiger partial charge in [0.25, 0.3) is 0 Å². The minimum absolute atomic E-state index is 0. The summed E-state index contributed by atoms with van der Waals surface area (Å²) in [4.78, 5) is 26.4. The molecule has 0 spiro atoms. The van der Waals surface area contributed by atoms with E-state index in [0.717, 1.165) is 14.4 Å². The van der Waals surface area contributed by atoms with Crippen molar-refractivity contribution in [3.63, 3.8) is 0 Å². The molecule has 3 aromatic rings. The lowest BCUT2D eigenvalue weighted by Crippen LogP contribution is -3.00. The van der Waals surface area contributed by atoms with E-state index >= 15 is 0 Å². The van der Waals surface area contributed by atoms with Crippen molar-refractivity contribution in [1.29, 1.82) is 0 Å². The summed E-state index contributed by atoms with van der Waals surface area (Å²) in [5.74, 6) is 6.10. The number of nitrogens with zero attached hydrogens (tertiary/aromatic N) is 1. The van der Waals surface area contributed by atoms with Gasteiger partial charge in [0.05, 0.1) is 29.2 Å². The van der Waals surface area contributed by atoms with Gasteiger partial charge in [-0.15, -0.1) is 17.3 Å². The van der Waals surface area contributed by atoms with Gasteiger partial charge in [0.15, 0.2) is 12.4 Å². The third-order valence-corrected chi connectivity index (χ3v) is 7.20. The molecule has 2 aromatic heterocycles. The second kappa shape index (κ2) is 13.1. The van der Waals surface area contributed by atoms with Crippen molar-refractivity contribution in [2.45, 2.75) is 24.5 Å². The van der Waals surface area contributed by atoms with Crippen LogP contribution in [0.3, 0.4) is 0 Å². The van der Waals surface area contributed by atoms with Crippen LogP contribution in [0.5, 0.6) is 0 Å². The van der Waals surface area contributed by atoms with Crippen molar-refractivity contribution >= 4 is 50.8 Å². The molecule has 166 valence electrons. The molecular formula is C24H21BrINO3S2. The lowest BCUT2D eigenvalue weighted by molar-refractivity contribution is -0.598. The highest BCUT2D eigenvalue weighted by Crippen LogP contribution is 2.38. The zero-order valence-electron chi connectivity index (χ0n) is 17.6. The summed E-state index contributed by atoms with van der Waals surface area (Å²) >= 11 is 6.38. The van der Waals surface area contributed by atoms with Crippen molar-refractivity contribution in [3.8, 4) is 17.5 Å². The fraction of sp³-hybridized carbons (Fsp3) is 0.208. The molecule has 4 nitrogen and oxygen atoms in total. The third kappa shape index (κ3) is 6.67. The Bertz CT molecular complexity index is 1140. The Hall–Kier alpha value is -1.67. The van der Waals surface area contributed by atoms with Crippen LogP contribution in [0.25, 0.3) is 5.69 Å². The number of thiophene rings is 1. The molecule has 8 heteroatoms. The summed E-state index contributed by atoms with van der Waals surface area (Å²) in [6.45, 7) is 3.87. The van der Waals surface area contributed by atoms with E-state index in [0.29, 0.717) is 28.4 Å².